The number of aliphatic hydroxyl groups is 1. The molecule has 3 aromatic carbocycles. The van der Waals surface area contributed by atoms with Gasteiger partial charge in [0.05, 0.1) is 41.7 Å². The molecule has 1 N–H and O–H groups in total. The molecule has 6 rings (SSSR count). The van der Waals surface area contributed by atoms with Crippen LogP contribution in [-0.2, 0) is 36.1 Å². The lowest BCUT2D eigenvalue weighted by Crippen LogP contribution is -2.47. The van der Waals surface area contributed by atoms with Gasteiger partial charge < -0.3 is 23.9 Å². The van der Waals surface area contributed by atoms with Crippen molar-refractivity contribution in [2.75, 3.05) is 19.8 Å². The largest absolute Gasteiger partial charge is 0.493 e. The van der Waals surface area contributed by atoms with Gasteiger partial charge in [0, 0.05) is 41.2 Å². The summed E-state index contributed by atoms with van der Waals surface area (Å²) in [5.41, 5.74) is 2.37. The number of aryl methyl sites for hydroxylation is 2. The quantitative estimate of drug-likeness (QED) is 0.104. The fourth-order valence-electron chi connectivity index (χ4n) is 6.25. The van der Waals surface area contributed by atoms with E-state index >= 15 is 17.6 Å². The Balaban J connectivity index is 1.51. The third-order valence-corrected chi connectivity index (χ3v) is 8.84. The van der Waals surface area contributed by atoms with E-state index in [9.17, 15) is 5.11 Å². The van der Waals surface area contributed by atoms with Gasteiger partial charge in [-0.1, -0.05) is 54.1 Å². The van der Waals surface area contributed by atoms with Crippen LogP contribution >= 0.6 is 11.6 Å². The highest BCUT2D eigenvalue weighted by Crippen LogP contribution is 2.46. The number of fused-ring (bicyclic) bond motifs is 3. The Morgan fingerprint density at radius 3 is 2.57 bits per heavy atom. The fraction of sp³-hybridized carbons (Fsp3) is 0.382. The van der Waals surface area contributed by atoms with E-state index in [0.29, 0.717) is 39.9 Å². The number of hydrogen-bond donors (Lipinski definition) is 1. The Labute approximate surface area is 268 Å². The van der Waals surface area contributed by atoms with Crippen molar-refractivity contribution in [3.05, 3.63) is 82.3 Å². The molecule has 7 nitrogen and oxygen atoms in total. The van der Waals surface area contributed by atoms with Crippen molar-refractivity contribution >= 4 is 33.3 Å². The molecule has 0 aliphatic carbocycles. The first-order chi connectivity index (χ1) is 21.9. The number of nitrogens with zero attached hydrogens (tertiary/aromatic N) is 3. The number of aliphatic hydroxyl groups excluding tert-OH is 1. The number of ether oxygens (including phenoxy) is 3. The molecule has 12 heteroatoms. The third kappa shape index (κ3) is 5.63. The molecule has 0 saturated heterocycles. The first kappa shape index (κ1) is 32.3. The van der Waals surface area contributed by atoms with Crippen molar-refractivity contribution < 1.29 is 36.9 Å². The molecule has 0 spiro atoms. The predicted molar refractivity (Wildman–Crippen MR) is 168 cm³/mol. The maximum absolute atomic E-state index is 15.6. The minimum absolute atomic E-state index is 0.0377. The summed E-state index contributed by atoms with van der Waals surface area (Å²) >= 11 is 6.81. The van der Waals surface area contributed by atoms with Crippen LogP contribution in [0.5, 0.6) is 5.75 Å². The van der Waals surface area contributed by atoms with Crippen LogP contribution in [0.1, 0.15) is 42.3 Å². The maximum atomic E-state index is 15.6. The Morgan fingerprint density at radius 2 is 1.78 bits per heavy atom. The predicted octanol–water partition coefficient (Wildman–Crippen LogP) is 8.00. The normalized spacial score (nSPS) is 16.7. The highest BCUT2D eigenvalue weighted by Gasteiger charge is 2.57. The molecule has 0 fully saturated rings. The van der Waals surface area contributed by atoms with E-state index < -0.39 is 37.9 Å². The highest BCUT2D eigenvalue weighted by atomic mass is 35.5. The second-order valence-corrected chi connectivity index (χ2v) is 11.8. The molecule has 244 valence electrons. The average molecular weight is 660 g/mol. The van der Waals surface area contributed by atoms with Crippen molar-refractivity contribution in [3.63, 3.8) is 0 Å². The van der Waals surface area contributed by atoms with E-state index in [2.05, 4.69) is 5.10 Å². The van der Waals surface area contributed by atoms with Crippen LogP contribution in [0.3, 0.4) is 0 Å². The van der Waals surface area contributed by atoms with Gasteiger partial charge in [-0.25, -0.2) is 0 Å². The summed E-state index contributed by atoms with van der Waals surface area (Å²) in [6.45, 7) is 0.333. The number of alkyl halides is 4. The summed E-state index contributed by atoms with van der Waals surface area (Å²) in [7, 11) is 1.69. The summed E-state index contributed by atoms with van der Waals surface area (Å²) < 4.78 is 80.9. The summed E-state index contributed by atoms with van der Waals surface area (Å²) in [5.74, 6) is -8.39. The van der Waals surface area contributed by atoms with Crippen LogP contribution < -0.4 is 4.74 Å². The fourth-order valence-corrected chi connectivity index (χ4v) is 6.49. The molecule has 1 atom stereocenters. The second-order valence-electron chi connectivity index (χ2n) is 11.4. The molecule has 5 aromatic rings. The van der Waals surface area contributed by atoms with Gasteiger partial charge in [-0.05, 0) is 49.8 Å². The third-order valence-electron chi connectivity index (χ3n) is 8.53. The molecule has 1 unspecified atom stereocenters. The second kappa shape index (κ2) is 12.5. The molecule has 46 heavy (non-hydrogen) atoms. The van der Waals surface area contributed by atoms with Gasteiger partial charge in [-0.15, -0.1) is 0 Å². The average Bonchev–Trinajstić information content (AvgIpc) is 3.46. The summed E-state index contributed by atoms with van der Waals surface area (Å²) in [6.07, 6.45) is -0.999. The van der Waals surface area contributed by atoms with E-state index in [4.69, 9.17) is 25.8 Å². The summed E-state index contributed by atoms with van der Waals surface area (Å²) in [6, 6.07) is 16.9. The van der Waals surface area contributed by atoms with Crippen LogP contribution in [0.4, 0.5) is 17.6 Å². The Bertz CT molecular complexity index is 1900. The lowest BCUT2D eigenvalue weighted by atomic mass is 9.98. The number of benzene rings is 3. The van der Waals surface area contributed by atoms with Crippen LogP contribution in [0.15, 0.2) is 54.6 Å². The first-order valence-electron chi connectivity index (χ1n) is 15.0. The van der Waals surface area contributed by atoms with E-state index in [-0.39, 0.29) is 41.6 Å². The molecule has 0 saturated carbocycles. The van der Waals surface area contributed by atoms with Crippen LogP contribution in [-0.4, -0.2) is 51.1 Å². The molecule has 1 aliphatic rings. The number of aromatic nitrogens is 3. The van der Waals surface area contributed by atoms with Gasteiger partial charge in [0.25, 0.3) is 0 Å². The highest BCUT2D eigenvalue weighted by molar-refractivity contribution is 6.35. The van der Waals surface area contributed by atoms with Crippen molar-refractivity contribution in [3.8, 4) is 16.9 Å². The maximum Gasteiger partial charge on any atom is 0.334 e. The van der Waals surface area contributed by atoms with E-state index in [1.807, 2.05) is 42.5 Å². The van der Waals surface area contributed by atoms with Gasteiger partial charge in [0.1, 0.15) is 12.4 Å². The smallest absolute Gasteiger partial charge is 0.334 e. The van der Waals surface area contributed by atoms with Crippen LogP contribution in [0.25, 0.3) is 32.8 Å². The number of rotatable bonds is 8. The molecule has 0 amide bonds. The van der Waals surface area contributed by atoms with Gasteiger partial charge in [-0.2, -0.15) is 22.7 Å². The standard InChI is InChI=1S/C34H34ClF4N3O4/c1-4-45-32(43)31-23(12-8-16-46-27-13-7-10-21-9-5-6-11-22(21)27)24-14-15-25(35)29-28-20(2)41(3)40-26(28)17-44-19-34(38,39)33(36,37)18-42(31)30(24)29/h5-7,9-11,13-15,32,43H,4,8,12,16-19H2,1-3H3. The zero-order valence-corrected chi connectivity index (χ0v) is 26.4. The Kier molecular flexibility index (Phi) is 8.79. The Morgan fingerprint density at radius 1 is 1.02 bits per heavy atom. The minimum Gasteiger partial charge on any atom is -0.493 e. The van der Waals surface area contributed by atoms with Gasteiger partial charge in [0.15, 0.2) is 6.29 Å². The molecule has 3 heterocycles. The van der Waals surface area contributed by atoms with Gasteiger partial charge in [-0.3, -0.25) is 4.68 Å². The zero-order chi connectivity index (χ0) is 32.8. The lowest BCUT2D eigenvalue weighted by Gasteiger charge is -2.28. The van der Waals surface area contributed by atoms with Gasteiger partial charge in [0.2, 0.25) is 0 Å². The minimum atomic E-state index is -4.56. The molecular weight excluding hydrogens is 626 g/mol. The SMILES string of the molecule is CCOC(O)c1c(CCCOc2cccc3ccccc23)c2ccc(Cl)c3c2n1CC(F)(F)C(F)(F)COCc1nn(C)c(C)c1-3. The number of hydrogen-bond acceptors (Lipinski definition) is 5. The van der Waals surface area contributed by atoms with Gasteiger partial charge >= 0.3 is 11.8 Å². The zero-order valence-electron chi connectivity index (χ0n) is 25.6. The summed E-state index contributed by atoms with van der Waals surface area (Å²) in [5, 5.41) is 18.4. The molecule has 0 bridgehead atoms. The van der Waals surface area contributed by atoms with Crippen molar-refractivity contribution in [2.24, 2.45) is 7.05 Å². The van der Waals surface area contributed by atoms with E-state index in [1.165, 1.54) is 0 Å². The first-order valence-corrected chi connectivity index (χ1v) is 15.4. The van der Waals surface area contributed by atoms with Crippen LogP contribution in [0.2, 0.25) is 5.02 Å². The summed E-state index contributed by atoms with van der Waals surface area (Å²) in [4.78, 5) is 0. The topological polar surface area (TPSA) is 70.7 Å². The van der Waals surface area contributed by atoms with Crippen molar-refractivity contribution in [1.82, 2.24) is 14.3 Å². The van der Waals surface area contributed by atoms with Crippen molar-refractivity contribution in [1.29, 1.82) is 0 Å². The molecule has 2 aromatic heterocycles. The molecular formula is C34H34ClF4N3O4. The Hall–Kier alpha value is -3.64. The van der Waals surface area contributed by atoms with Crippen LogP contribution in [0, 0.1) is 6.92 Å². The van der Waals surface area contributed by atoms with E-state index in [0.717, 1.165) is 15.3 Å². The molecule has 0 radical (unpaired) electrons. The number of halogens is 5. The molecule has 1 aliphatic heterocycles. The van der Waals surface area contributed by atoms with Crippen molar-refractivity contribution in [2.45, 2.75) is 58.0 Å². The monoisotopic (exact) mass is 659 g/mol. The lowest BCUT2D eigenvalue weighted by molar-refractivity contribution is -0.239. The van der Waals surface area contributed by atoms with E-state index in [1.54, 1.807) is 37.7 Å².